The van der Waals surface area contributed by atoms with Crippen molar-refractivity contribution >= 4 is 40.2 Å². The lowest BCUT2D eigenvalue weighted by Gasteiger charge is -2.19. The maximum Gasteiger partial charge on any atom is 0.231 e. The molecule has 2 heterocycles. The van der Waals surface area contributed by atoms with E-state index in [0.29, 0.717) is 17.1 Å². The minimum Gasteiger partial charge on any atom is -0.434 e. The number of pyridine rings is 1. The van der Waals surface area contributed by atoms with Crippen LogP contribution in [0.2, 0.25) is 0 Å². The van der Waals surface area contributed by atoms with Gasteiger partial charge >= 0.3 is 0 Å². The van der Waals surface area contributed by atoms with Gasteiger partial charge in [0, 0.05) is 22.9 Å². The summed E-state index contributed by atoms with van der Waals surface area (Å²) in [5.41, 5.74) is 3.32. The lowest BCUT2D eigenvalue weighted by atomic mass is 9.96. The van der Waals surface area contributed by atoms with Crippen LogP contribution in [0.25, 0.3) is 22.7 Å². The molecule has 0 radical (unpaired) electrons. The Morgan fingerprint density at radius 3 is 2.65 bits per heavy atom. The van der Waals surface area contributed by atoms with Gasteiger partial charge in [-0.1, -0.05) is 20.8 Å². The van der Waals surface area contributed by atoms with E-state index in [4.69, 9.17) is 16.6 Å². The van der Waals surface area contributed by atoms with Crippen LogP contribution < -0.4 is 10.6 Å². The van der Waals surface area contributed by atoms with Crippen LogP contribution in [-0.4, -0.2) is 21.0 Å². The van der Waals surface area contributed by atoms with Crippen LogP contribution in [0.1, 0.15) is 26.3 Å². The summed E-state index contributed by atoms with van der Waals surface area (Å²) < 4.78 is 5.74. The minimum atomic E-state index is -0.508. The van der Waals surface area contributed by atoms with E-state index in [9.17, 15) is 4.79 Å². The summed E-state index contributed by atoms with van der Waals surface area (Å²) in [6.45, 7) is 7.45. The molecule has 2 aromatic heterocycles. The first-order chi connectivity index (χ1) is 12.2. The average molecular weight is 368 g/mol. The predicted molar refractivity (Wildman–Crippen MR) is 106 cm³/mol. The highest BCUT2D eigenvalue weighted by Crippen LogP contribution is 2.26. The summed E-state index contributed by atoms with van der Waals surface area (Å²) in [6.07, 6.45) is 1.68. The van der Waals surface area contributed by atoms with Crippen molar-refractivity contribution in [3.63, 3.8) is 0 Å². The highest BCUT2D eigenvalue weighted by molar-refractivity contribution is 7.80. The molecule has 0 aliphatic rings. The third-order valence-electron chi connectivity index (χ3n) is 3.79. The van der Waals surface area contributed by atoms with Gasteiger partial charge in [0.1, 0.15) is 0 Å². The van der Waals surface area contributed by atoms with E-state index in [1.807, 2.05) is 58.0 Å². The van der Waals surface area contributed by atoms with E-state index in [1.165, 1.54) is 0 Å². The van der Waals surface area contributed by atoms with Gasteiger partial charge in [-0.3, -0.25) is 4.79 Å². The molecule has 3 rings (SSSR count). The van der Waals surface area contributed by atoms with Gasteiger partial charge in [0.2, 0.25) is 11.8 Å². The van der Waals surface area contributed by atoms with Crippen molar-refractivity contribution in [3.05, 3.63) is 42.1 Å². The van der Waals surface area contributed by atoms with Crippen LogP contribution in [0.3, 0.4) is 0 Å². The zero-order chi connectivity index (χ0) is 18.9. The van der Waals surface area contributed by atoms with E-state index >= 15 is 0 Å². The van der Waals surface area contributed by atoms with Gasteiger partial charge in [-0.15, -0.1) is 0 Å². The van der Waals surface area contributed by atoms with Crippen molar-refractivity contribution in [1.29, 1.82) is 0 Å². The van der Waals surface area contributed by atoms with Gasteiger partial charge < -0.3 is 15.1 Å². The number of thiocarbonyl (C=S) groups is 1. The number of amides is 1. The van der Waals surface area contributed by atoms with Crippen molar-refractivity contribution < 1.29 is 9.21 Å². The quantitative estimate of drug-likeness (QED) is 0.664. The number of fused-ring (bicyclic) bond motifs is 1. The molecule has 1 aromatic carbocycles. The van der Waals surface area contributed by atoms with Crippen LogP contribution in [-0.2, 0) is 4.79 Å². The molecule has 0 saturated heterocycles. The SMILES string of the molecule is Cc1cc(-c2nc3ncccc3o2)ccc1NC(=S)NC(=O)C(C)(C)C. The molecular weight excluding hydrogens is 348 g/mol. The first kappa shape index (κ1) is 18.0. The van der Waals surface area contributed by atoms with Gasteiger partial charge in [-0.25, -0.2) is 4.98 Å². The van der Waals surface area contributed by atoms with E-state index in [1.54, 1.807) is 6.20 Å². The fourth-order valence-electron chi connectivity index (χ4n) is 2.27. The Bertz CT molecular complexity index is 956. The third-order valence-corrected chi connectivity index (χ3v) is 4.00. The fourth-order valence-corrected chi connectivity index (χ4v) is 2.48. The van der Waals surface area contributed by atoms with Crippen LogP contribution in [0.15, 0.2) is 40.9 Å². The summed E-state index contributed by atoms with van der Waals surface area (Å²) in [5, 5.41) is 6.03. The summed E-state index contributed by atoms with van der Waals surface area (Å²) in [7, 11) is 0. The smallest absolute Gasteiger partial charge is 0.231 e. The molecule has 0 aliphatic carbocycles. The number of aromatic nitrogens is 2. The maximum absolute atomic E-state index is 12.0. The monoisotopic (exact) mass is 368 g/mol. The van der Waals surface area contributed by atoms with Crippen molar-refractivity contribution in [1.82, 2.24) is 15.3 Å². The van der Waals surface area contributed by atoms with Gasteiger partial charge in [0.15, 0.2) is 16.3 Å². The second kappa shape index (κ2) is 6.84. The van der Waals surface area contributed by atoms with Gasteiger partial charge in [-0.2, -0.15) is 4.98 Å². The molecule has 7 heteroatoms. The number of benzene rings is 1. The summed E-state index contributed by atoms with van der Waals surface area (Å²) in [5.74, 6) is 0.375. The normalized spacial score (nSPS) is 11.4. The number of hydrogen-bond acceptors (Lipinski definition) is 5. The topological polar surface area (TPSA) is 80.1 Å². The van der Waals surface area contributed by atoms with Crippen molar-refractivity contribution in [2.24, 2.45) is 5.41 Å². The molecule has 0 spiro atoms. The van der Waals surface area contributed by atoms with E-state index in [2.05, 4.69) is 20.6 Å². The second-order valence-electron chi connectivity index (χ2n) is 7.03. The molecule has 0 bridgehead atoms. The van der Waals surface area contributed by atoms with Crippen molar-refractivity contribution in [2.75, 3.05) is 5.32 Å². The Morgan fingerprint density at radius 1 is 1.23 bits per heavy atom. The van der Waals surface area contributed by atoms with Crippen LogP contribution in [0.5, 0.6) is 0 Å². The summed E-state index contributed by atoms with van der Waals surface area (Å²) in [4.78, 5) is 20.6. The van der Waals surface area contributed by atoms with Crippen LogP contribution in [0.4, 0.5) is 5.69 Å². The van der Waals surface area contributed by atoms with Gasteiger partial charge in [-0.05, 0) is 55.0 Å². The number of anilines is 1. The lowest BCUT2D eigenvalue weighted by Crippen LogP contribution is -2.41. The van der Waals surface area contributed by atoms with Crippen LogP contribution >= 0.6 is 12.2 Å². The fraction of sp³-hybridized carbons (Fsp3) is 0.263. The molecule has 0 aliphatic heterocycles. The number of carbonyl (C=O) groups excluding carboxylic acids is 1. The van der Waals surface area contributed by atoms with Gasteiger partial charge in [0.25, 0.3) is 0 Å². The molecule has 6 nitrogen and oxygen atoms in total. The zero-order valence-corrected chi connectivity index (χ0v) is 15.9. The van der Waals surface area contributed by atoms with E-state index in [-0.39, 0.29) is 11.0 Å². The average Bonchev–Trinajstić information content (AvgIpc) is 2.99. The Labute approximate surface area is 157 Å². The van der Waals surface area contributed by atoms with E-state index in [0.717, 1.165) is 16.8 Å². The molecule has 2 N–H and O–H groups in total. The second-order valence-corrected chi connectivity index (χ2v) is 7.44. The molecule has 0 unspecified atom stereocenters. The number of rotatable bonds is 2. The lowest BCUT2D eigenvalue weighted by molar-refractivity contribution is -0.126. The minimum absolute atomic E-state index is 0.136. The number of carbonyl (C=O) groups is 1. The number of hydrogen-bond donors (Lipinski definition) is 2. The van der Waals surface area contributed by atoms with Gasteiger partial charge in [0.05, 0.1) is 0 Å². The maximum atomic E-state index is 12.0. The summed E-state index contributed by atoms with van der Waals surface area (Å²) >= 11 is 5.23. The van der Waals surface area contributed by atoms with Crippen molar-refractivity contribution in [3.8, 4) is 11.5 Å². The zero-order valence-electron chi connectivity index (χ0n) is 15.1. The van der Waals surface area contributed by atoms with Crippen LogP contribution in [0, 0.1) is 12.3 Å². The Morgan fingerprint density at radius 2 is 2.00 bits per heavy atom. The molecule has 0 atom stereocenters. The molecular formula is C19H20N4O2S. The van der Waals surface area contributed by atoms with E-state index < -0.39 is 5.41 Å². The Balaban J connectivity index is 1.77. The predicted octanol–water partition coefficient (Wildman–Crippen LogP) is 4.06. The standard InChI is InChI=1S/C19H20N4O2S/c1-11-10-12(16-22-15-14(25-16)6-5-9-20-15)7-8-13(11)21-18(26)23-17(24)19(2,3)4/h5-10H,1-4H3,(H2,21,23,24,26). The summed E-state index contributed by atoms with van der Waals surface area (Å²) in [6, 6.07) is 9.35. The third kappa shape index (κ3) is 3.88. The molecule has 0 saturated carbocycles. The number of nitrogens with zero attached hydrogens (tertiary/aromatic N) is 2. The highest BCUT2D eigenvalue weighted by atomic mass is 32.1. The molecule has 1 amide bonds. The van der Waals surface area contributed by atoms with Crippen molar-refractivity contribution in [2.45, 2.75) is 27.7 Å². The number of nitrogens with one attached hydrogen (secondary N) is 2. The molecule has 3 aromatic rings. The molecule has 26 heavy (non-hydrogen) atoms. The number of oxazole rings is 1. The Hall–Kier alpha value is -2.80. The molecule has 134 valence electrons. The molecule has 0 fully saturated rings. The number of aryl methyl sites for hydroxylation is 1. The largest absolute Gasteiger partial charge is 0.434 e. The Kier molecular flexibility index (Phi) is 4.73. The highest BCUT2D eigenvalue weighted by Gasteiger charge is 2.22. The first-order valence-electron chi connectivity index (χ1n) is 8.19. The first-order valence-corrected chi connectivity index (χ1v) is 8.60.